The maximum Gasteiger partial charge on any atom is 0.412 e. The van der Waals surface area contributed by atoms with Crippen LogP contribution in [0.15, 0.2) is 18.2 Å². The number of nitrogens with zero attached hydrogens (tertiary/aromatic N) is 1. The van der Waals surface area contributed by atoms with Crippen molar-refractivity contribution in [3.05, 3.63) is 29.5 Å². The number of benzene rings is 1. The van der Waals surface area contributed by atoms with Gasteiger partial charge < -0.3 is 14.0 Å². The lowest BCUT2D eigenvalue weighted by molar-refractivity contribution is 0.0515. The summed E-state index contributed by atoms with van der Waals surface area (Å²) in [6.07, 6.45) is -0.508. The van der Waals surface area contributed by atoms with Crippen molar-refractivity contribution >= 4 is 28.7 Å². The molecule has 0 bridgehead atoms. The summed E-state index contributed by atoms with van der Waals surface area (Å²) in [7, 11) is 1.81. The highest BCUT2D eigenvalue weighted by Gasteiger charge is 2.19. The van der Waals surface area contributed by atoms with Crippen LogP contribution in [-0.2, 0) is 16.5 Å². The van der Waals surface area contributed by atoms with E-state index in [1.165, 1.54) is 0 Å². The van der Waals surface area contributed by atoms with Crippen molar-refractivity contribution in [2.24, 2.45) is 7.05 Å². The fraction of sp³-hybridized carbons (Fsp3) is 0.444. The average Bonchev–Trinajstić information content (AvgIpc) is 2.78. The lowest BCUT2D eigenvalue weighted by Crippen LogP contribution is -2.27. The molecule has 1 N–H and O–H groups in total. The number of esters is 1. The van der Waals surface area contributed by atoms with Crippen molar-refractivity contribution in [3.8, 4) is 0 Å². The van der Waals surface area contributed by atoms with E-state index in [0.717, 1.165) is 16.5 Å². The molecule has 0 unspecified atom stereocenters. The summed E-state index contributed by atoms with van der Waals surface area (Å²) >= 11 is 0. The minimum Gasteiger partial charge on any atom is -0.461 e. The Labute approximate surface area is 141 Å². The van der Waals surface area contributed by atoms with Gasteiger partial charge in [-0.25, -0.2) is 9.59 Å². The molecule has 1 heterocycles. The maximum atomic E-state index is 12.0. The van der Waals surface area contributed by atoms with Gasteiger partial charge in [0.2, 0.25) is 0 Å². The smallest absolute Gasteiger partial charge is 0.412 e. The summed E-state index contributed by atoms with van der Waals surface area (Å²) in [6.45, 7) is 9.42. The van der Waals surface area contributed by atoms with Crippen molar-refractivity contribution < 1.29 is 19.1 Å². The zero-order valence-corrected chi connectivity index (χ0v) is 15.0. The molecule has 0 radical (unpaired) electrons. The summed E-state index contributed by atoms with van der Waals surface area (Å²) in [6, 6.07) is 5.44. The fourth-order valence-corrected chi connectivity index (χ4v) is 2.50. The molecule has 1 aromatic carbocycles. The molecule has 2 rings (SSSR count). The highest BCUT2D eigenvalue weighted by molar-refractivity contribution is 5.99. The van der Waals surface area contributed by atoms with E-state index in [1.54, 1.807) is 23.6 Å². The van der Waals surface area contributed by atoms with Gasteiger partial charge >= 0.3 is 12.1 Å². The van der Waals surface area contributed by atoms with Crippen LogP contribution in [0, 0.1) is 6.92 Å². The maximum absolute atomic E-state index is 12.0. The molecule has 0 spiro atoms. The Bertz CT molecular complexity index is 784. The van der Waals surface area contributed by atoms with E-state index in [4.69, 9.17) is 9.47 Å². The van der Waals surface area contributed by atoms with Crippen LogP contribution >= 0.6 is 0 Å². The monoisotopic (exact) mass is 332 g/mol. The van der Waals surface area contributed by atoms with Crippen LogP contribution in [0.5, 0.6) is 0 Å². The second-order valence-electron chi connectivity index (χ2n) is 6.61. The number of ether oxygens (including phenoxy) is 2. The van der Waals surface area contributed by atoms with Gasteiger partial charge in [-0.15, -0.1) is 0 Å². The zero-order chi connectivity index (χ0) is 18.1. The normalized spacial score (nSPS) is 11.4. The highest BCUT2D eigenvalue weighted by Crippen LogP contribution is 2.28. The minimum absolute atomic E-state index is 0.324. The molecule has 0 saturated heterocycles. The van der Waals surface area contributed by atoms with Crippen LogP contribution in [0.3, 0.4) is 0 Å². The highest BCUT2D eigenvalue weighted by atomic mass is 16.6. The minimum atomic E-state index is -0.564. The van der Waals surface area contributed by atoms with Crippen LogP contribution in [0.2, 0.25) is 0 Å². The second-order valence-corrected chi connectivity index (χ2v) is 6.61. The van der Waals surface area contributed by atoms with Gasteiger partial charge in [0.25, 0.3) is 0 Å². The topological polar surface area (TPSA) is 69.6 Å². The number of fused-ring (bicyclic) bond motifs is 1. The Morgan fingerprint density at radius 3 is 2.50 bits per heavy atom. The molecule has 1 aromatic heterocycles. The lowest BCUT2D eigenvalue weighted by Gasteiger charge is -2.20. The number of hydrogen-bond acceptors (Lipinski definition) is 4. The first-order chi connectivity index (χ1) is 11.1. The molecule has 2 aromatic rings. The van der Waals surface area contributed by atoms with Crippen molar-refractivity contribution in [2.75, 3.05) is 11.9 Å². The molecule has 24 heavy (non-hydrogen) atoms. The molecule has 0 fully saturated rings. The first-order valence-electron chi connectivity index (χ1n) is 7.90. The summed E-state index contributed by atoms with van der Waals surface area (Å²) in [5, 5.41) is 3.64. The number of nitrogens with one attached hydrogen (secondary N) is 1. The number of carbonyl (C=O) groups excluding carboxylic acids is 2. The third-order valence-electron chi connectivity index (χ3n) is 3.62. The summed E-state index contributed by atoms with van der Waals surface area (Å²) in [5.74, 6) is -0.364. The third kappa shape index (κ3) is 3.69. The molecule has 0 aliphatic rings. The summed E-state index contributed by atoms with van der Waals surface area (Å²) < 4.78 is 12.1. The first-order valence-corrected chi connectivity index (χ1v) is 7.90. The summed E-state index contributed by atoms with van der Waals surface area (Å²) in [5.41, 5.74) is 2.32. The van der Waals surface area contributed by atoms with Crippen molar-refractivity contribution in [1.82, 2.24) is 4.57 Å². The number of anilines is 1. The SMILES string of the molecule is CCOC(=O)c1cc2c(C)c(NC(=O)OC(C)(C)C)ccc2n1C. The first kappa shape index (κ1) is 17.8. The number of amides is 1. The van der Waals surface area contributed by atoms with E-state index in [2.05, 4.69) is 5.32 Å². The Morgan fingerprint density at radius 1 is 1.25 bits per heavy atom. The molecule has 130 valence electrons. The van der Waals surface area contributed by atoms with E-state index in [1.807, 2.05) is 40.8 Å². The van der Waals surface area contributed by atoms with Crippen LogP contribution in [0.4, 0.5) is 10.5 Å². The van der Waals surface area contributed by atoms with Gasteiger partial charge in [0.1, 0.15) is 11.3 Å². The molecule has 1 amide bonds. The number of carbonyl (C=O) groups is 2. The molecule has 0 saturated carbocycles. The lowest BCUT2D eigenvalue weighted by atomic mass is 10.1. The van der Waals surface area contributed by atoms with Gasteiger partial charge in [-0.2, -0.15) is 0 Å². The van der Waals surface area contributed by atoms with Gasteiger partial charge in [-0.1, -0.05) is 0 Å². The van der Waals surface area contributed by atoms with E-state index in [9.17, 15) is 9.59 Å². The van der Waals surface area contributed by atoms with E-state index >= 15 is 0 Å². The average molecular weight is 332 g/mol. The fourth-order valence-electron chi connectivity index (χ4n) is 2.50. The molecule has 0 aliphatic heterocycles. The molecule has 0 aliphatic carbocycles. The van der Waals surface area contributed by atoms with Gasteiger partial charge in [-0.05, 0) is 58.4 Å². The number of rotatable bonds is 3. The van der Waals surface area contributed by atoms with Crippen molar-refractivity contribution in [2.45, 2.75) is 40.2 Å². The zero-order valence-electron chi connectivity index (χ0n) is 15.0. The molecular weight excluding hydrogens is 308 g/mol. The van der Waals surface area contributed by atoms with Gasteiger partial charge in [0, 0.05) is 23.6 Å². The van der Waals surface area contributed by atoms with Gasteiger partial charge in [-0.3, -0.25) is 5.32 Å². The Kier molecular flexibility index (Phi) is 4.87. The number of aryl methyl sites for hydroxylation is 2. The standard InChI is InChI=1S/C18H24N2O4/c1-7-23-16(21)15-10-12-11(2)13(8-9-14(12)20(15)6)19-17(22)24-18(3,4)5/h8-10H,7H2,1-6H3,(H,19,22). The van der Waals surface area contributed by atoms with E-state index < -0.39 is 11.7 Å². The molecular formula is C18H24N2O4. The van der Waals surface area contributed by atoms with Crippen LogP contribution in [-0.4, -0.2) is 28.8 Å². The summed E-state index contributed by atoms with van der Waals surface area (Å²) in [4.78, 5) is 24.0. The van der Waals surface area contributed by atoms with Crippen LogP contribution in [0.1, 0.15) is 43.7 Å². The number of aromatic nitrogens is 1. The van der Waals surface area contributed by atoms with Gasteiger partial charge in [0.05, 0.1) is 6.61 Å². The predicted octanol–water partition coefficient (Wildman–Crippen LogP) is 4.01. The molecule has 0 atom stereocenters. The molecule has 6 nitrogen and oxygen atoms in total. The van der Waals surface area contributed by atoms with Crippen LogP contribution < -0.4 is 5.32 Å². The third-order valence-corrected chi connectivity index (χ3v) is 3.62. The quantitative estimate of drug-likeness (QED) is 0.862. The largest absolute Gasteiger partial charge is 0.461 e. The van der Waals surface area contributed by atoms with E-state index in [0.29, 0.717) is 18.0 Å². The van der Waals surface area contributed by atoms with Crippen molar-refractivity contribution in [3.63, 3.8) is 0 Å². The number of hydrogen-bond donors (Lipinski definition) is 1. The Balaban J connectivity index is 2.37. The van der Waals surface area contributed by atoms with E-state index in [-0.39, 0.29) is 5.97 Å². The van der Waals surface area contributed by atoms with Crippen LogP contribution in [0.25, 0.3) is 10.9 Å². The Hall–Kier alpha value is -2.50. The Morgan fingerprint density at radius 2 is 1.92 bits per heavy atom. The van der Waals surface area contributed by atoms with Gasteiger partial charge in [0.15, 0.2) is 0 Å². The predicted molar refractivity (Wildman–Crippen MR) is 93.5 cm³/mol. The molecule has 6 heteroatoms. The van der Waals surface area contributed by atoms with Crippen molar-refractivity contribution in [1.29, 1.82) is 0 Å². The second kappa shape index (κ2) is 6.55.